The first-order valence-electron chi connectivity index (χ1n) is 16.9. The van der Waals surface area contributed by atoms with Gasteiger partial charge in [-0.1, -0.05) is 56.9 Å². The summed E-state index contributed by atoms with van der Waals surface area (Å²) < 4.78 is 98.6. The molecule has 0 atom stereocenters. The minimum atomic E-state index is -3.67. The summed E-state index contributed by atoms with van der Waals surface area (Å²) in [7, 11) is 0. The Bertz CT molecular complexity index is 1430. The van der Waals surface area contributed by atoms with E-state index in [4.69, 9.17) is 9.47 Å². The third-order valence-electron chi connectivity index (χ3n) is 10.00. The van der Waals surface area contributed by atoms with E-state index < -0.39 is 41.0 Å². The van der Waals surface area contributed by atoms with Crippen LogP contribution in [0.4, 0.5) is 26.3 Å². The standard InChI is InChI=1S/C38H44F6O2/c1-3-5-6-7-24-8-10-25(11-9-24)27-14-18-32(33(39)20-27)28-15-19-31(34(40)21-28)26-12-16-29(17-13-26)38(43,44)46-30-22-35(41)37(45-4-2)36(42)23-30/h14-15,18-26,29H,3-13,16-17H2,1-2H3. The van der Waals surface area contributed by atoms with Crippen molar-refractivity contribution >= 4 is 0 Å². The molecule has 8 heteroatoms. The number of hydrogen-bond donors (Lipinski definition) is 0. The minimum Gasteiger partial charge on any atom is -0.488 e. The third kappa shape index (κ3) is 8.03. The second-order valence-electron chi connectivity index (χ2n) is 13.1. The molecule has 0 unspecified atom stereocenters. The highest BCUT2D eigenvalue weighted by molar-refractivity contribution is 5.65. The lowest BCUT2D eigenvalue weighted by Crippen LogP contribution is -2.37. The number of rotatable bonds is 12. The Morgan fingerprint density at radius 1 is 0.696 bits per heavy atom. The van der Waals surface area contributed by atoms with Gasteiger partial charge >= 0.3 is 6.11 Å². The summed E-state index contributed by atoms with van der Waals surface area (Å²) >= 11 is 0. The summed E-state index contributed by atoms with van der Waals surface area (Å²) in [5.41, 5.74) is 2.19. The second-order valence-corrected chi connectivity index (χ2v) is 13.1. The van der Waals surface area contributed by atoms with Crippen LogP contribution >= 0.6 is 0 Å². The van der Waals surface area contributed by atoms with E-state index in [0.717, 1.165) is 24.3 Å². The number of unbranched alkanes of at least 4 members (excludes halogenated alkanes) is 2. The van der Waals surface area contributed by atoms with E-state index in [1.54, 1.807) is 31.2 Å². The Balaban J connectivity index is 1.18. The lowest BCUT2D eigenvalue weighted by molar-refractivity contribution is -0.222. The number of benzene rings is 3. The first kappa shape index (κ1) is 34.2. The van der Waals surface area contributed by atoms with Crippen LogP contribution in [0.3, 0.4) is 0 Å². The van der Waals surface area contributed by atoms with Crippen molar-refractivity contribution in [2.24, 2.45) is 11.8 Å². The van der Waals surface area contributed by atoms with Gasteiger partial charge in [-0.2, -0.15) is 8.78 Å². The maximum Gasteiger partial charge on any atom is 0.400 e. The quantitative estimate of drug-likeness (QED) is 0.144. The van der Waals surface area contributed by atoms with E-state index in [0.29, 0.717) is 34.7 Å². The number of ether oxygens (including phenoxy) is 2. The molecular weight excluding hydrogens is 602 g/mol. The largest absolute Gasteiger partial charge is 0.488 e. The van der Waals surface area contributed by atoms with E-state index in [9.17, 15) is 8.78 Å². The van der Waals surface area contributed by atoms with Crippen LogP contribution in [-0.2, 0) is 0 Å². The predicted octanol–water partition coefficient (Wildman–Crippen LogP) is 12.1. The Morgan fingerprint density at radius 2 is 1.37 bits per heavy atom. The topological polar surface area (TPSA) is 18.5 Å². The van der Waals surface area contributed by atoms with Crippen molar-refractivity contribution in [1.29, 1.82) is 0 Å². The van der Waals surface area contributed by atoms with Gasteiger partial charge in [0.25, 0.3) is 0 Å². The van der Waals surface area contributed by atoms with Crippen molar-refractivity contribution in [2.75, 3.05) is 6.61 Å². The molecule has 0 radical (unpaired) electrons. The van der Waals surface area contributed by atoms with Crippen LogP contribution in [0.1, 0.15) is 114 Å². The number of hydrogen-bond acceptors (Lipinski definition) is 2. The maximum atomic E-state index is 15.4. The summed E-state index contributed by atoms with van der Waals surface area (Å²) in [5.74, 6) is -4.74. The maximum absolute atomic E-state index is 15.4. The van der Waals surface area contributed by atoms with E-state index in [-0.39, 0.29) is 44.0 Å². The highest BCUT2D eigenvalue weighted by atomic mass is 19.3. The van der Waals surface area contributed by atoms with Crippen molar-refractivity contribution in [1.82, 2.24) is 0 Å². The fourth-order valence-corrected chi connectivity index (χ4v) is 7.37. The van der Waals surface area contributed by atoms with Crippen molar-refractivity contribution in [2.45, 2.75) is 109 Å². The van der Waals surface area contributed by atoms with Gasteiger partial charge in [0.2, 0.25) is 0 Å². The van der Waals surface area contributed by atoms with Crippen LogP contribution < -0.4 is 9.47 Å². The Morgan fingerprint density at radius 3 is 1.98 bits per heavy atom. The van der Waals surface area contributed by atoms with Crippen LogP contribution in [0, 0.1) is 35.1 Å². The molecule has 0 saturated heterocycles. The summed E-state index contributed by atoms with van der Waals surface area (Å²) in [6.45, 7) is 3.78. The van der Waals surface area contributed by atoms with E-state index in [2.05, 4.69) is 6.92 Å². The zero-order valence-corrected chi connectivity index (χ0v) is 26.7. The zero-order chi connectivity index (χ0) is 32.8. The molecule has 46 heavy (non-hydrogen) atoms. The minimum absolute atomic E-state index is 0.0147. The highest BCUT2D eigenvalue weighted by Gasteiger charge is 2.44. The monoisotopic (exact) mass is 646 g/mol. The van der Waals surface area contributed by atoms with Crippen LogP contribution in [0.15, 0.2) is 48.5 Å². The second kappa shape index (κ2) is 15.2. The highest BCUT2D eigenvalue weighted by Crippen LogP contribution is 2.45. The molecule has 3 aromatic rings. The summed E-state index contributed by atoms with van der Waals surface area (Å²) in [6, 6.07) is 11.3. The van der Waals surface area contributed by atoms with Gasteiger partial charge in [0.05, 0.1) is 12.5 Å². The molecule has 2 aliphatic rings. The van der Waals surface area contributed by atoms with Gasteiger partial charge < -0.3 is 9.47 Å². The number of alkyl halides is 2. The van der Waals surface area contributed by atoms with Crippen LogP contribution in [0.25, 0.3) is 11.1 Å². The van der Waals surface area contributed by atoms with Gasteiger partial charge in [-0.05, 0) is 105 Å². The van der Waals surface area contributed by atoms with E-state index in [1.165, 1.54) is 44.6 Å². The molecule has 0 N–H and O–H groups in total. The molecule has 0 aromatic heterocycles. The summed E-state index contributed by atoms with van der Waals surface area (Å²) in [4.78, 5) is 0. The van der Waals surface area contributed by atoms with Crippen molar-refractivity contribution in [3.8, 4) is 22.6 Å². The first-order chi connectivity index (χ1) is 22.1. The number of halogens is 6. The molecule has 0 heterocycles. The van der Waals surface area contributed by atoms with Gasteiger partial charge in [-0.15, -0.1) is 0 Å². The van der Waals surface area contributed by atoms with Gasteiger partial charge in [-0.3, -0.25) is 0 Å². The van der Waals surface area contributed by atoms with Crippen molar-refractivity contribution in [3.63, 3.8) is 0 Å². The Kier molecular flexibility index (Phi) is 11.3. The molecule has 0 amide bonds. The third-order valence-corrected chi connectivity index (χ3v) is 10.00. The molecule has 0 aliphatic heterocycles. The van der Waals surface area contributed by atoms with Gasteiger partial charge in [-0.25, -0.2) is 17.6 Å². The first-order valence-corrected chi connectivity index (χ1v) is 16.9. The summed E-state index contributed by atoms with van der Waals surface area (Å²) in [5, 5.41) is 0. The normalized spacial score (nSPS) is 22.1. The molecule has 2 fully saturated rings. The van der Waals surface area contributed by atoms with Gasteiger partial charge in [0.15, 0.2) is 17.4 Å². The molecule has 2 saturated carbocycles. The van der Waals surface area contributed by atoms with Crippen LogP contribution in [-0.4, -0.2) is 12.7 Å². The average molecular weight is 647 g/mol. The Hall–Kier alpha value is -3.16. The zero-order valence-electron chi connectivity index (χ0n) is 26.7. The molecule has 250 valence electrons. The van der Waals surface area contributed by atoms with Crippen LogP contribution in [0.5, 0.6) is 11.5 Å². The lowest BCUT2D eigenvalue weighted by Gasteiger charge is -2.33. The molecule has 0 bridgehead atoms. The molecular formula is C38H44F6O2. The van der Waals surface area contributed by atoms with Crippen molar-refractivity contribution < 1.29 is 35.8 Å². The Labute approximate surface area is 268 Å². The van der Waals surface area contributed by atoms with E-state index in [1.807, 2.05) is 6.07 Å². The summed E-state index contributed by atoms with van der Waals surface area (Å²) in [6.07, 6.45) is 6.56. The fourth-order valence-electron chi connectivity index (χ4n) is 7.37. The molecule has 0 spiro atoms. The SMILES string of the molecule is CCCCCC1CCC(c2ccc(-c3ccc(C4CCC(C(F)(F)Oc5cc(F)c(OCC)c(F)c5)CC4)c(F)c3)c(F)c2)CC1. The molecule has 5 rings (SSSR count). The van der Waals surface area contributed by atoms with Gasteiger partial charge in [0.1, 0.15) is 17.4 Å². The molecule has 2 nitrogen and oxygen atoms in total. The van der Waals surface area contributed by atoms with Gasteiger partial charge in [0, 0.05) is 17.7 Å². The fraction of sp³-hybridized carbons (Fsp3) is 0.526. The lowest BCUT2D eigenvalue weighted by atomic mass is 9.76. The van der Waals surface area contributed by atoms with Crippen molar-refractivity contribution in [3.05, 3.63) is 82.9 Å². The van der Waals surface area contributed by atoms with E-state index >= 15 is 17.6 Å². The molecule has 3 aromatic carbocycles. The smallest absolute Gasteiger partial charge is 0.400 e. The predicted molar refractivity (Wildman–Crippen MR) is 168 cm³/mol. The molecule has 2 aliphatic carbocycles. The van der Waals surface area contributed by atoms with Crippen LogP contribution in [0.2, 0.25) is 0 Å². The average Bonchev–Trinajstić information content (AvgIpc) is 3.03.